The molecule has 2 saturated heterocycles. The fourth-order valence-electron chi connectivity index (χ4n) is 5.29. The number of nitrogens with one attached hydrogen (secondary N) is 2. The van der Waals surface area contributed by atoms with Gasteiger partial charge in [0.1, 0.15) is 6.04 Å². The number of benzene rings is 2. The first-order valence-electron chi connectivity index (χ1n) is 12.3. The smallest absolute Gasteiger partial charge is 0.326 e. The van der Waals surface area contributed by atoms with Gasteiger partial charge in [0.05, 0.1) is 11.7 Å². The third-order valence-corrected chi connectivity index (χ3v) is 7.04. The van der Waals surface area contributed by atoms with Gasteiger partial charge in [0.2, 0.25) is 11.8 Å². The van der Waals surface area contributed by atoms with Crippen LogP contribution in [0.2, 0.25) is 0 Å². The first kappa shape index (κ1) is 25.4. The van der Waals surface area contributed by atoms with Crippen molar-refractivity contribution in [1.29, 1.82) is 0 Å². The first-order valence-corrected chi connectivity index (χ1v) is 12.3. The number of aliphatic carboxylic acids is 1. The number of anilines is 1. The normalized spacial score (nSPS) is 19.8. The average Bonchev–Trinajstić information content (AvgIpc) is 3.11. The first-order chi connectivity index (χ1) is 17.2. The number of hydrogen-bond acceptors (Lipinski definition) is 5. The van der Waals surface area contributed by atoms with Crippen LogP contribution in [-0.2, 0) is 20.8 Å². The van der Waals surface area contributed by atoms with E-state index in [-0.39, 0.29) is 17.7 Å². The van der Waals surface area contributed by atoms with Gasteiger partial charge >= 0.3 is 5.97 Å². The van der Waals surface area contributed by atoms with Crippen molar-refractivity contribution in [3.63, 3.8) is 0 Å². The molecular formula is C27H32N4O5. The Bertz CT molecular complexity index is 1130. The molecule has 0 radical (unpaired) electrons. The van der Waals surface area contributed by atoms with Crippen LogP contribution in [0, 0.1) is 0 Å². The third-order valence-electron chi connectivity index (χ3n) is 7.04. The second-order valence-corrected chi connectivity index (χ2v) is 9.44. The maximum atomic E-state index is 13.5. The number of likely N-dealkylation sites (tertiary alicyclic amines) is 1. The second kappa shape index (κ2) is 10.5. The van der Waals surface area contributed by atoms with Crippen LogP contribution in [-0.4, -0.2) is 69.4 Å². The molecule has 0 bridgehead atoms. The van der Waals surface area contributed by atoms with Crippen LogP contribution in [0.15, 0.2) is 54.6 Å². The van der Waals surface area contributed by atoms with Gasteiger partial charge in [-0.15, -0.1) is 0 Å². The molecule has 0 aromatic heterocycles. The molecule has 0 saturated carbocycles. The standard InChI is InChI=1S/C27H32N4O5/c1-3-23(26(35)36)31-25(34)22(17-19-7-5-4-6-8-19)29-27(31)13-15-30(16-14-27)24(33)20-9-11-21(12-10-20)28-18(2)32/h4-12,22-23,29H,3,13-17H2,1-2H3,(H,28,32)(H,35,36). The zero-order chi connectivity index (χ0) is 25.9. The van der Waals surface area contributed by atoms with Crippen LogP contribution >= 0.6 is 0 Å². The Labute approximate surface area is 210 Å². The van der Waals surface area contributed by atoms with E-state index in [0.29, 0.717) is 50.0 Å². The van der Waals surface area contributed by atoms with E-state index in [0.717, 1.165) is 5.56 Å². The molecule has 9 nitrogen and oxygen atoms in total. The predicted molar refractivity (Wildman–Crippen MR) is 134 cm³/mol. The largest absolute Gasteiger partial charge is 0.480 e. The maximum absolute atomic E-state index is 13.5. The van der Waals surface area contributed by atoms with Crippen LogP contribution in [0.25, 0.3) is 0 Å². The van der Waals surface area contributed by atoms with Crippen molar-refractivity contribution in [3.05, 3.63) is 65.7 Å². The molecule has 3 amide bonds. The Kier molecular flexibility index (Phi) is 7.40. The van der Waals surface area contributed by atoms with E-state index >= 15 is 0 Å². The van der Waals surface area contributed by atoms with E-state index in [1.165, 1.54) is 11.8 Å². The van der Waals surface area contributed by atoms with Crippen molar-refractivity contribution >= 4 is 29.4 Å². The van der Waals surface area contributed by atoms with E-state index in [2.05, 4.69) is 10.6 Å². The van der Waals surface area contributed by atoms with Gasteiger partial charge in [0.25, 0.3) is 5.91 Å². The highest BCUT2D eigenvalue weighted by atomic mass is 16.4. The summed E-state index contributed by atoms with van der Waals surface area (Å²) in [5.74, 6) is -1.55. The highest BCUT2D eigenvalue weighted by molar-refractivity contribution is 5.96. The SMILES string of the molecule is CCC(C(=O)O)N1C(=O)C(Cc2ccccc2)NC12CCN(C(=O)c1ccc(NC(C)=O)cc1)CC2. The van der Waals surface area contributed by atoms with Gasteiger partial charge in [-0.25, -0.2) is 4.79 Å². The summed E-state index contributed by atoms with van der Waals surface area (Å²) in [4.78, 5) is 53.2. The number of carbonyl (C=O) groups excluding carboxylic acids is 3. The minimum absolute atomic E-state index is 0.138. The number of piperidine rings is 1. The third kappa shape index (κ3) is 5.11. The lowest BCUT2D eigenvalue weighted by atomic mass is 9.93. The Hall–Kier alpha value is -3.72. The maximum Gasteiger partial charge on any atom is 0.326 e. The van der Waals surface area contributed by atoms with Crippen molar-refractivity contribution < 1.29 is 24.3 Å². The molecule has 3 N–H and O–H groups in total. The Morgan fingerprint density at radius 3 is 2.28 bits per heavy atom. The van der Waals surface area contributed by atoms with Crippen LogP contribution in [0.5, 0.6) is 0 Å². The molecule has 2 aromatic carbocycles. The summed E-state index contributed by atoms with van der Waals surface area (Å²) in [5, 5.41) is 16.1. The Balaban J connectivity index is 1.51. The Morgan fingerprint density at radius 1 is 1.08 bits per heavy atom. The molecule has 190 valence electrons. The number of rotatable bonds is 7. The summed E-state index contributed by atoms with van der Waals surface area (Å²) in [6.07, 6.45) is 1.64. The molecule has 4 rings (SSSR count). The number of carbonyl (C=O) groups is 4. The van der Waals surface area contributed by atoms with E-state index in [1.54, 1.807) is 36.1 Å². The number of nitrogens with zero attached hydrogens (tertiary/aromatic N) is 2. The van der Waals surface area contributed by atoms with Crippen molar-refractivity contribution in [2.75, 3.05) is 18.4 Å². The molecule has 2 aliphatic heterocycles. The summed E-state index contributed by atoms with van der Waals surface area (Å²) in [6.45, 7) is 3.97. The van der Waals surface area contributed by atoms with E-state index < -0.39 is 23.7 Å². The van der Waals surface area contributed by atoms with E-state index in [1.807, 2.05) is 30.3 Å². The van der Waals surface area contributed by atoms with E-state index in [9.17, 15) is 24.3 Å². The molecule has 9 heteroatoms. The minimum Gasteiger partial charge on any atom is -0.480 e. The van der Waals surface area contributed by atoms with E-state index in [4.69, 9.17) is 0 Å². The fourth-order valence-corrected chi connectivity index (χ4v) is 5.29. The zero-order valence-electron chi connectivity index (χ0n) is 20.6. The van der Waals surface area contributed by atoms with Gasteiger partial charge in [0.15, 0.2) is 0 Å². The van der Waals surface area contributed by atoms with Crippen molar-refractivity contribution in [2.24, 2.45) is 0 Å². The molecule has 2 atom stereocenters. The number of carboxylic acid groups (broad SMARTS) is 1. The summed E-state index contributed by atoms with van der Waals surface area (Å²) < 4.78 is 0. The van der Waals surface area contributed by atoms with Gasteiger partial charge in [-0.1, -0.05) is 37.3 Å². The highest BCUT2D eigenvalue weighted by Gasteiger charge is 2.55. The molecule has 2 aromatic rings. The van der Waals surface area contributed by atoms with Crippen molar-refractivity contribution in [2.45, 2.75) is 57.3 Å². The van der Waals surface area contributed by atoms with Gasteiger partial charge in [0, 0.05) is 44.1 Å². The van der Waals surface area contributed by atoms with Crippen molar-refractivity contribution in [3.8, 4) is 0 Å². The minimum atomic E-state index is -1.02. The van der Waals surface area contributed by atoms with Crippen LogP contribution in [0.1, 0.15) is 49.0 Å². The number of hydrogen-bond donors (Lipinski definition) is 3. The van der Waals surface area contributed by atoms with Gasteiger partial charge in [-0.3, -0.25) is 19.7 Å². The number of amides is 3. The molecule has 2 aliphatic rings. The van der Waals surface area contributed by atoms with Crippen LogP contribution < -0.4 is 10.6 Å². The fraction of sp³-hybridized carbons (Fsp3) is 0.407. The average molecular weight is 493 g/mol. The summed E-state index contributed by atoms with van der Waals surface area (Å²) in [5.41, 5.74) is 1.30. The molecular weight excluding hydrogens is 460 g/mol. The highest BCUT2D eigenvalue weighted by Crippen LogP contribution is 2.36. The van der Waals surface area contributed by atoms with Gasteiger partial charge in [-0.05, 0) is 42.7 Å². The lowest BCUT2D eigenvalue weighted by molar-refractivity contribution is -0.154. The van der Waals surface area contributed by atoms with Crippen LogP contribution in [0.4, 0.5) is 5.69 Å². The summed E-state index contributed by atoms with van der Waals surface area (Å²) in [6, 6.07) is 14.9. The topological polar surface area (TPSA) is 119 Å². The second-order valence-electron chi connectivity index (χ2n) is 9.44. The summed E-state index contributed by atoms with van der Waals surface area (Å²) >= 11 is 0. The van der Waals surface area contributed by atoms with Gasteiger partial charge in [-0.2, -0.15) is 0 Å². The Morgan fingerprint density at radius 2 is 1.72 bits per heavy atom. The molecule has 2 fully saturated rings. The van der Waals surface area contributed by atoms with Crippen molar-refractivity contribution in [1.82, 2.24) is 15.1 Å². The van der Waals surface area contributed by atoms with Crippen LogP contribution in [0.3, 0.4) is 0 Å². The zero-order valence-corrected chi connectivity index (χ0v) is 20.6. The predicted octanol–water partition coefficient (Wildman–Crippen LogP) is 2.48. The quantitative estimate of drug-likeness (QED) is 0.546. The lowest BCUT2D eigenvalue weighted by Crippen LogP contribution is -2.63. The molecule has 2 heterocycles. The number of carboxylic acids is 1. The monoisotopic (exact) mass is 492 g/mol. The van der Waals surface area contributed by atoms with Gasteiger partial charge < -0.3 is 20.2 Å². The molecule has 1 spiro atoms. The summed E-state index contributed by atoms with van der Waals surface area (Å²) in [7, 11) is 0. The molecule has 0 aliphatic carbocycles. The molecule has 36 heavy (non-hydrogen) atoms. The lowest BCUT2D eigenvalue weighted by Gasteiger charge is -2.46. The molecule has 2 unspecified atom stereocenters.